The minimum absolute atomic E-state index is 0.102. The molecule has 0 saturated heterocycles. The summed E-state index contributed by atoms with van der Waals surface area (Å²) in [6.07, 6.45) is 0. The summed E-state index contributed by atoms with van der Waals surface area (Å²) in [5.41, 5.74) is 6.60. The van der Waals surface area contributed by atoms with Crippen molar-refractivity contribution in [1.82, 2.24) is 0 Å². The van der Waals surface area contributed by atoms with Crippen molar-refractivity contribution < 1.29 is 8.78 Å². The average Bonchev–Trinajstić information content (AvgIpc) is 2.35. The highest BCUT2D eigenvalue weighted by Crippen LogP contribution is 2.28. The molecule has 1 unspecified atom stereocenters. The first-order valence-electron chi connectivity index (χ1n) is 5.74. The molecule has 0 aliphatic carbocycles. The molecule has 100 valence electrons. The van der Waals surface area contributed by atoms with Gasteiger partial charge in [0.15, 0.2) is 5.82 Å². The van der Waals surface area contributed by atoms with Crippen LogP contribution in [0.5, 0.6) is 0 Å². The minimum Gasteiger partial charge on any atom is -0.395 e. The predicted octanol–water partition coefficient (Wildman–Crippen LogP) is 4.37. The van der Waals surface area contributed by atoms with Gasteiger partial charge in [0.1, 0.15) is 5.82 Å². The molecule has 0 radical (unpaired) electrons. The molecule has 19 heavy (non-hydrogen) atoms. The fourth-order valence-electron chi connectivity index (χ4n) is 1.80. The molecule has 0 spiro atoms. The maximum absolute atomic E-state index is 13.3. The standard InChI is InChI=1S/C14H13ClF2N2/c1-8(9-3-2-4-10(15)5-9)19-13-7-11(16)6-12(17)14(13)18/h2-8,19H,18H2,1H3. The molecule has 0 heterocycles. The van der Waals surface area contributed by atoms with Crippen molar-refractivity contribution in [3.8, 4) is 0 Å². The predicted molar refractivity (Wildman–Crippen MR) is 74.3 cm³/mol. The second kappa shape index (κ2) is 5.45. The van der Waals surface area contributed by atoms with Gasteiger partial charge in [0.2, 0.25) is 0 Å². The van der Waals surface area contributed by atoms with Crippen molar-refractivity contribution >= 4 is 23.0 Å². The van der Waals surface area contributed by atoms with E-state index in [9.17, 15) is 8.78 Å². The molecule has 1 atom stereocenters. The number of hydrogen-bond donors (Lipinski definition) is 2. The molecule has 0 aliphatic heterocycles. The molecule has 5 heteroatoms. The van der Waals surface area contributed by atoms with E-state index in [1.807, 2.05) is 19.1 Å². The molecule has 0 amide bonds. The summed E-state index contributed by atoms with van der Waals surface area (Å²) in [4.78, 5) is 0. The third-order valence-electron chi connectivity index (χ3n) is 2.81. The van der Waals surface area contributed by atoms with Crippen molar-refractivity contribution in [1.29, 1.82) is 0 Å². The average molecular weight is 283 g/mol. The smallest absolute Gasteiger partial charge is 0.151 e. The van der Waals surface area contributed by atoms with Gasteiger partial charge in [-0.3, -0.25) is 0 Å². The molecule has 2 aromatic carbocycles. The molecule has 2 aromatic rings. The number of nitrogens with two attached hydrogens (primary N) is 1. The van der Waals surface area contributed by atoms with Gasteiger partial charge in [0.25, 0.3) is 0 Å². The van der Waals surface area contributed by atoms with E-state index < -0.39 is 11.6 Å². The number of nitrogen functional groups attached to an aromatic ring is 1. The number of nitrogens with one attached hydrogen (secondary N) is 1. The van der Waals surface area contributed by atoms with Gasteiger partial charge in [-0.05, 0) is 30.7 Å². The molecule has 0 saturated carbocycles. The van der Waals surface area contributed by atoms with Gasteiger partial charge in [-0.15, -0.1) is 0 Å². The monoisotopic (exact) mass is 282 g/mol. The summed E-state index contributed by atoms with van der Waals surface area (Å²) in [7, 11) is 0. The summed E-state index contributed by atoms with van der Waals surface area (Å²) < 4.78 is 26.5. The highest BCUT2D eigenvalue weighted by atomic mass is 35.5. The van der Waals surface area contributed by atoms with Crippen LogP contribution in [-0.4, -0.2) is 0 Å². The van der Waals surface area contributed by atoms with E-state index in [1.165, 1.54) is 6.07 Å². The van der Waals surface area contributed by atoms with Crippen LogP contribution in [0.1, 0.15) is 18.5 Å². The highest BCUT2D eigenvalue weighted by Gasteiger charge is 2.12. The zero-order chi connectivity index (χ0) is 14.0. The molecule has 0 aromatic heterocycles. The number of rotatable bonds is 3. The molecule has 3 N–H and O–H groups in total. The van der Waals surface area contributed by atoms with Crippen LogP contribution in [0.3, 0.4) is 0 Å². The number of benzene rings is 2. The Morgan fingerprint density at radius 1 is 1.21 bits per heavy atom. The second-order valence-corrected chi connectivity index (χ2v) is 4.71. The van der Waals surface area contributed by atoms with Gasteiger partial charge in [-0.25, -0.2) is 8.78 Å². The van der Waals surface area contributed by atoms with Crippen molar-refractivity contribution in [2.45, 2.75) is 13.0 Å². The van der Waals surface area contributed by atoms with E-state index in [-0.39, 0.29) is 17.4 Å². The van der Waals surface area contributed by atoms with Crippen LogP contribution in [0, 0.1) is 11.6 Å². The first-order chi connectivity index (χ1) is 8.97. The molecule has 2 rings (SSSR count). The third-order valence-corrected chi connectivity index (χ3v) is 3.05. The lowest BCUT2D eigenvalue weighted by Gasteiger charge is -2.17. The normalized spacial score (nSPS) is 12.2. The summed E-state index contributed by atoms with van der Waals surface area (Å²) in [6.45, 7) is 1.86. The van der Waals surface area contributed by atoms with E-state index in [4.69, 9.17) is 17.3 Å². The van der Waals surface area contributed by atoms with Gasteiger partial charge < -0.3 is 11.1 Å². The SMILES string of the molecule is CC(Nc1cc(F)cc(F)c1N)c1cccc(Cl)c1. The van der Waals surface area contributed by atoms with Crippen LogP contribution in [0.4, 0.5) is 20.2 Å². The van der Waals surface area contributed by atoms with E-state index in [0.29, 0.717) is 5.02 Å². The summed E-state index contributed by atoms with van der Waals surface area (Å²) >= 11 is 5.90. The topological polar surface area (TPSA) is 38.0 Å². The summed E-state index contributed by atoms with van der Waals surface area (Å²) in [5, 5.41) is 3.57. The Balaban J connectivity index is 2.26. The van der Waals surface area contributed by atoms with Gasteiger partial charge in [-0.2, -0.15) is 0 Å². The summed E-state index contributed by atoms with van der Waals surface area (Å²) in [5.74, 6) is -1.45. The molecular formula is C14H13ClF2N2. The summed E-state index contributed by atoms with van der Waals surface area (Å²) in [6, 6.07) is 8.96. The van der Waals surface area contributed by atoms with Crippen LogP contribution in [0.2, 0.25) is 5.02 Å². The molecular weight excluding hydrogens is 270 g/mol. The van der Waals surface area contributed by atoms with Crippen LogP contribution in [-0.2, 0) is 0 Å². The van der Waals surface area contributed by atoms with Gasteiger partial charge in [-0.1, -0.05) is 23.7 Å². The maximum Gasteiger partial charge on any atom is 0.151 e. The highest BCUT2D eigenvalue weighted by molar-refractivity contribution is 6.30. The van der Waals surface area contributed by atoms with E-state index in [0.717, 1.165) is 11.6 Å². The Morgan fingerprint density at radius 2 is 1.95 bits per heavy atom. The largest absolute Gasteiger partial charge is 0.395 e. The lowest BCUT2D eigenvalue weighted by atomic mass is 10.1. The van der Waals surface area contributed by atoms with E-state index in [1.54, 1.807) is 12.1 Å². The van der Waals surface area contributed by atoms with Crippen LogP contribution < -0.4 is 11.1 Å². The number of halogens is 3. The number of anilines is 2. The van der Waals surface area contributed by atoms with Gasteiger partial charge >= 0.3 is 0 Å². The second-order valence-electron chi connectivity index (χ2n) is 4.27. The lowest BCUT2D eigenvalue weighted by Crippen LogP contribution is -2.09. The molecule has 2 nitrogen and oxygen atoms in total. The van der Waals surface area contributed by atoms with Crippen LogP contribution >= 0.6 is 11.6 Å². The van der Waals surface area contributed by atoms with Crippen molar-refractivity contribution in [3.05, 3.63) is 58.6 Å². The molecule has 0 aliphatic rings. The fraction of sp³-hybridized carbons (Fsp3) is 0.143. The Morgan fingerprint density at radius 3 is 2.63 bits per heavy atom. The first kappa shape index (κ1) is 13.6. The lowest BCUT2D eigenvalue weighted by molar-refractivity contribution is 0.586. The third kappa shape index (κ3) is 3.15. The zero-order valence-electron chi connectivity index (χ0n) is 10.3. The number of hydrogen-bond acceptors (Lipinski definition) is 2. The quantitative estimate of drug-likeness (QED) is 0.820. The van der Waals surface area contributed by atoms with Crippen molar-refractivity contribution in [2.24, 2.45) is 0 Å². The van der Waals surface area contributed by atoms with E-state index >= 15 is 0 Å². The Bertz CT molecular complexity index is 602. The minimum atomic E-state index is -0.777. The van der Waals surface area contributed by atoms with Crippen LogP contribution in [0.25, 0.3) is 0 Å². The maximum atomic E-state index is 13.3. The van der Waals surface area contributed by atoms with Crippen molar-refractivity contribution in [2.75, 3.05) is 11.1 Å². The Labute approximate surface area is 115 Å². The van der Waals surface area contributed by atoms with E-state index in [2.05, 4.69) is 5.32 Å². The fourth-order valence-corrected chi connectivity index (χ4v) is 2.00. The van der Waals surface area contributed by atoms with Gasteiger partial charge in [0, 0.05) is 17.1 Å². The van der Waals surface area contributed by atoms with Crippen molar-refractivity contribution in [3.63, 3.8) is 0 Å². The Hall–Kier alpha value is -1.81. The zero-order valence-corrected chi connectivity index (χ0v) is 11.0. The Kier molecular flexibility index (Phi) is 3.90. The first-order valence-corrected chi connectivity index (χ1v) is 6.11. The molecule has 0 fully saturated rings. The van der Waals surface area contributed by atoms with Gasteiger partial charge in [0.05, 0.1) is 11.4 Å². The van der Waals surface area contributed by atoms with Crippen LogP contribution in [0.15, 0.2) is 36.4 Å². The molecule has 0 bridgehead atoms.